The van der Waals surface area contributed by atoms with Crippen molar-refractivity contribution >= 4 is 30.4 Å². The average molecular weight is 540 g/mol. The molecule has 0 bridgehead atoms. The molecule has 3 aliphatic rings. The van der Waals surface area contributed by atoms with Crippen molar-refractivity contribution < 1.29 is 34.4 Å². The van der Waals surface area contributed by atoms with Crippen LogP contribution in [-0.4, -0.2) is 87.8 Å². The van der Waals surface area contributed by atoms with Gasteiger partial charge < -0.3 is 0 Å². The molecule has 0 saturated heterocycles. The number of halogens is 1. The second-order valence-electron chi connectivity index (χ2n) is 12.0. The second-order valence-corrected chi connectivity index (χ2v) is 12.0. The number of fused-ring (bicyclic) bond motifs is 3. The van der Waals surface area contributed by atoms with Gasteiger partial charge in [-0.15, -0.1) is 0 Å². The molecule has 209 valence electrons. The van der Waals surface area contributed by atoms with Gasteiger partial charge in [0, 0.05) is 5.54 Å². The normalized spacial score (nSPS) is 27.0. The number of Topliss-reactive ketones (excluding diaryl/α,β-unsaturated/α-hetero) is 1. The fraction of sp³-hybridized carbons (Fsp3) is 0.536. The van der Waals surface area contributed by atoms with Crippen LogP contribution in [0.5, 0.6) is 5.75 Å². The van der Waals surface area contributed by atoms with Gasteiger partial charge in [0.15, 0.2) is 0 Å². The standard InChI is InChI=1S/C28H36BFN3O6/c1-27(2,3)32-8-6-7-12-11-16(30)14-9-13-10-15-20(33(4)5)23(36)19(26(31)38)24(29)28(15,39)25(37)17(13)22(35)18(14)21(12)34/h11,13,15,20,32,34-36,39H,6-10H2,1-5H3,(H2,31,38)/t13-,15-,20-,28+/m0/s1. The van der Waals surface area contributed by atoms with Crippen LogP contribution in [-0.2, 0) is 22.4 Å². The number of aliphatic hydroxyl groups is 3. The van der Waals surface area contributed by atoms with Crippen molar-refractivity contribution in [2.45, 2.75) is 63.6 Å². The van der Waals surface area contributed by atoms with Crippen LogP contribution >= 0.6 is 0 Å². The van der Waals surface area contributed by atoms with Gasteiger partial charge in [-0.2, -0.15) is 0 Å². The summed E-state index contributed by atoms with van der Waals surface area (Å²) in [7, 11) is 9.34. The summed E-state index contributed by atoms with van der Waals surface area (Å²) < 4.78 is 15.4. The number of rotatable bonds is 6. The fourth-order valence-electron chi connectivity index (χ4n) is 6.35. The molecule has 4 atom stereocenters. The number of aliphatic hydroxyl groups excluding tert-OH is 2. The first kappa shape index (κ1) is 29.0. The third-order valence-electron chi connectivity index (χ3n) is 8.13. The molecule has 1 aromatic rings. The maximum atomic E-state index is 15.4. The predicted molar refractivity (Wildman–Crippen MR) is 146 cm³/mol. The van der Waals surface area contributed by atoms with Crippen molar-refractivity contribution in [1.29, 1.82) is 0 Å². The Morgan fingerprint density at radius 2 is 1.92 bits per heavy atom. The number of nitrogens with one attached hydrogen (secondary N) is 1. The molecule has 1 fully saturated rings. The van der Waals surface area contributed by atoms with Crippen molar-refractivity contribution in [3.05, 3.63) is 45.5 Å². The number of hydrogen-bond donors (Lipinski definition) is 6. The first-order valence-electron chi connectivity index (χ1n) is 13.0. The minimum atomic E-state index is -2.47. The van der Waals surface area contributed by atoms with E-state index in [0.29, 0.717) is 19.4 Å². The molecule has 0 spiro atoms. The number of aromatic hydroxyl groups is 1. The van der Waals surface area contributed by atoms with Gasteiger partial charge in [-0.3, -0.25) is 0 Å². The van der Waals surface area contributed by atoms with Gasteiger partial charge in [0.25, 0.3) is 0 Å². The number of ketones is 1. The Hall–Kier alpha value is -3.02. The Balaban J connectivity index is 1.80. The van der Waals surface area contributed by atoms with Crippen molar-refractivity contribution in [2.24, 2.45) is 17.6 Å². The number of hydrogen-bond acceptors (Lipinski definition) is 8. The molecule has 11 heteroatoms. The molecule has 39 heavy (non-hydrogen) atoms. The summed E-state index contributed by atoms with van der Waals surface area (Å²) >= 11 is 0. The molecule has 0 aromatic heterocycles. The summed E-state index contributed by atoms with van der Waals surface area (Å²) in [6.45, 7) is 6.67. The molecule has 0 unspecified atom stereocenters. The van der Waals surface area contributed by atoms with Crippen molar-refractivity contribution in [1.82, 2.24) is 10.2 Å². The molecule has 1 radical (unpaired) electrons. The third kappa shape index (κ3) is 4.60. The first-order chi connectivity index (χ1) is 18.0. The van der Waals surface area contributed by atoms with Gasteiger partial charge in [0.2, 0.25) is 0 Å². The summed E-state index contributed by atoms with van der Waals surface area (Å²) in [5, 5.41) is 48.4. The average Bonchev–Trinajstić information content (AvgIpc) is 2.81. The number of phenols is 1. The van der Waals surface area contributed by atoms with E-state index in [-0.39, 0.29) is 46.4 Å². The number of carbonyl (C=O) groups excluding carboxylic acids is 2. The molecule has 1 amide bonds. The van der Waals surface area contributed by atoms with E-state index in [2.05, 4.69) is 5.32 Å². The summed E-state index contributed by atoms with van der Waals surface area (Å²) in [6, 6.07) is 0.258. The zero-order valence-corrected chi connectivity index (χ0v) is 22.9. The van der Waals surface area contributed by atoms with Crippen LogP contribution in [0.1, 0.15) is 50.3 Å². The monoisotopic (exact) mass is 540 g/mol. The van der Waals surface area contributed by atoms with Crippen LogP contribution in [0.25, 0.3) is 5.76 Å². The summed E-state index contributed by atoms with van der Waals surface area (Å²) in [4.78, 5) is 27.7. The quantitative estimate of drug-likeness (QED) is 0.232. The van der Waals surface area contributed by atoms with Gasteiger partial charge in [0.1, 0.15) is 0 Å². The fourth-order valence-corrected chi connectivity index (χ4v) is 6.35. The SMILES string of the molecule is [B]=C1C(C(N)=O)=C(O)[C@@H](N(C)C)[C@@H]2C[C@@H]3Cc4c(F)cc(CCCNC(C)(C)C)c(O)c4C(O)=C3C(=O)[C@]12O. The van der Waals surface area contributed by atoms with E-state index >= 15 is 4.39 Å². The number of phenolic OH excluding ortho intramolecular Hbond substituents is 1. The van der Waals surface area contributed by atoms with Gasteiger partial charge in [-0.05, 0) is 20.8 Å². The number of benzene rings is 1. The van der Waals surface area contributed by atoms with Crippen molar-refractivity contribution in [3.63, 3.8) is 0 Å². The number of nitrogens with two attached hydrogens (primary N) is 1. The van der Waals surface area contributed by atoms with Gasteiger partial charge >= 0.3 is 202 Å². The van der Waals surface area contributed by atoms with Crippen LogP contribution in [0.4, 0.5) is 4.39 Å². The molecular weight excluding hydrogens is 504 g/mol. The van der Waals surface area contributed by atoms with E-state index in [9.17, 15) is 30.0 Å². The molecule has 3 aliphatic carbocycles. The molecule has 0 heterocycles. The third-order valence-corrected chi connectivity index (χ3v) is 8.13. The van der Waals surface area contributed by atoms with Crippen LogP contribution in [0.15, 0.2) is 23.0 Å². The second kappa shape index (κ2) is 9.87. The summed E-state index contributed by atoms with van der Waals surface area (Å²) in [5.74, 6) is -5.86. The van der Waals surface area contributed by atoms with E-state index in [1.54, 1.807) is 14.1 Å². The maximum absolute atomic E-state index is 15.4. The van der Waals surface area contributed by atoms with Crippen LogP contribution in [0.3, 0.4) is 0 Å². The van der Waals surface area contributed by atoms with Crippen LogP contribution < -0.4 is 11.1 Å². The Bertz CT molecular complexity index is 1330. The predicted octanol–water partition coefficient (Wildman–Crippen LogP) is 1.20. The zero-order chi connectivity index (χ0) is 29.2. The Morgan fingerprint density at radius 3 is 2.49 bits per heavy atom. The van der Waals surface area contributed by atoms with E-state index in [1.807, 2.05) is 20.8 Å². The Labute approximate surface area is 228 Å². The van der Waals surface area contributed by atoms with Crippen LogP contribution in [0.2, 0.25) is 0 Å². The van der Waals surface area contributed by atoms with E-state index < -0.39 is 63.5 Å². The number of nitrogens with zero attached hydrogens (tertiary/aromatic N) is 1. The Kier molecular flexibility index (Phi) is 7.33. The number of amides is 1. The number of likely N-dealkylation sites (N-methyl/N-ethyl adjacent to an activating group) is 1. The van der Waals surface area contributed by atoms with Gasteiger partial charge in [0.05, 0.1) is 0 Å². The van der Waals surface area contributed by atoms with Gasteiger partial charge in [-0.25, -0.2) is 0 Å². The van der Waals surface area contributed by atoms with Crippen molar-refractivity contribution in [2.75, 3.05) is 20.6 Å². The zero-order valence-electron chi connectivity index (χ0n) is 22.9. The van der Waals surface area contributed by atoms with Gasteiger partial charge in [-0.1, -0.05) is 0 Å². The van der Waals surface area contributed by atoms with E-state index in [0.717, 1.165) is 0 Å². The summed E-state index contributed by atoms with van der Waals surface area (Å²) in [6.07, 6.45) is 0.918. The Morgan fingerprint density at radius 1 is 1.28 bits per heavy atom. The number of carbonyl (C=O) groups is 2. The first-order valence-corrected chi connectivity index (χ1v) is 13.0. The number of primary amides is 1. The van der Waals surface area contributed by atoms with Crippen LogP contribution in [0, 0.1) is 17.7 Å². The molecule has 0 aliphatic heterocycles. The molecule has 1 aromatic carbocycles. The summed E-state index contributed by atoms with van der Waals surface area (Å²) in [5.41, 5.74) is 1.71. The van der Waals surface area contributed by atoms with E-state index in [1.165, 1.54) is 11.0 Å². The molecule has 7 N–H and O–H groups in total. The molecule has 4 rings (SSSR count). The van der Waals surface area contributed by atoms with Crippen molar-refractivity contribution in [3.8, 4) is 5.75 Å². The minimum absolute atomic E-state index is 0.0223. The molecule has 1 saturated carbocycles. The number of aryl methyl sites for hydroxylation is 1. The molecule has 9 nitrogen and oxygen atoms in total. The molecular formula is C28H36BFN3O6. The van der Waals surface area contributed by atoms with E-state index in [4.69, 9.17) is 13.2 Å². The topological polar surface area (TPSA) is 156 Å².